The lowest BCUT2D eigenvalue weighted by Gasteiger charge is -2.26. The molecule has 12 nitrogen and oxygen atoms in total. The number of hydrogen-bond donors (Lipinski definition) is 7. The molecule has 0 aliphatic carbocycles. The first-order valence-corrected chi connectivity index (χ1v) is 11.0. The van der Waals surface area contributed by atoms with Crippen molar-refractivity contribution in [3.05, 3.63) is 0 Å². The second kappa shape index (κ2) is 13.8. The molecule has 13 heteroatoms. The molecule has 0 heterocycles. The van der Waals surface area contributed by atoms with Crippen molar-refractivity contribution >= 4 is 41.4 Å². The van der Waals surface area contributed by atoms with Crippen molar-refractivity contribution in [3.8, 4) is 0 Å². The predicted octanol–water partition coefficient (Wildman–Crippen LogP) is -1.88. The molecule has 0 aliphatic rings. The molecular weight excluding hydrogens is 432 g/mol. The SMILES string of the molecule is CSCCC(N)C(=O)NC(C(=O)NC(CC(=O)O)C(=O)NC(C(=O)O)C(C)O)C(C)C. The summed E-state index contributed by atoms with van der Waals surface area (Å²) in [5.41, 5.74) is 5.80. The summed E-state index contributed by atoms with van der Waals surface area (Å²) in [6.45, 7) is 4.41. The highest BCUT2D eigenvalue weighted by atomic mass is 32.2. The molecule has 0 saturated carbocycles. The van der Waals surface area contributed by atoms with Crippen molar-refractivity contribution in [3.63, 3.8) is 0 Å². The van der Waals surface area contributed by atoms with E-state index in [4.69, 9.17) is 15.9 Å². The van der Waals surface area contributed by atoms with Crippen LogP contribution in [0.25, 0.3) is 0 Å². The van der Waals surface area contributed by atoms with Crippen molar-refractivity contribution < 1.29 is 39.3 Å². The van der Waals surface area contributed by atoms with Gasteiger partial charge in [0.05, 0.1) is 18.6 Å². The number of nitrogens with one attached hydrogen (secondary N) is 3. The molecule has 0 aromatic heterocycles. The lowest BCUT2D eigenvalue weighted by Crippen LogP contribution is -2.59. The van der Waals surface area contributed by atoms with Crippen molar-refractivity contribution in [1.82, 2.24) is 16.0 Å². The number of carbonyl (C=O) groups is 5. The molecule has 0 radical (unpaired) electrons. The quantitative estimate of drug-likeness (QED) is 0.152. The average Bonchev–Trinajstić information content (AvgIpc) is 2.65. The van der Waals surface area contributed by atoms with E-state index >= 15 is 0 Å². The number of thioether (sulfide) groups is 1. The summed E-state index contributed by atoms with van der Waals surface area (Å²) in [7, 11) is 0. The van der Waals surface area contributed by atoms with Crippen LogP contribution >= 0.6 is 11.8 Å². The number of hydrogen-bond acceptors (Lipinski definition) is 8. The summed E-state index contributed by atoms with van der Waals surface area (Å²) in [6.07, 6.45) is -0.0578. The van der Waals surface area contributed by atoms with Gasteiger partial charge in [0.15, 0.2) is 6.04 Å². The number of carbonyl (C=O) groups excluding carboxylic acids is 3. The van der Waals surface area contributed by atoms with Gasteiger partial charge in [0, 0.05) is 0 Å². The van der Waals surface area contributed by atoms with E-state index in [0.29, 0.717) is 12.2 Å². The minimum Gasteiger partial charge on any atom is -0.481 e. The highest BCUT2D eigenvalue weighted by molar-refractivity contribution is 7.98. The third-order valence-electron chi connectivity index (χ3n) is 4.27. The molecule has 0 fully saturated rings. The van der Waals surface area contributed by atoms with Crippen LogP contribution in [0.5, 0.6) is 0 Å². The summed E-state index contributed by atoms with van der Waals surface area (Å²) in [6, 6.07) is -5.28. The smallest absolute Gasteiger partial charge is 0.328 e. The first kappa shape index (κ1) is 28.6. The Morgan fingerprint density at radius 1 is 0.903 bits per heavy atom. The zero-order chi connectivity index (χ0) is 24.3. The van der Waals surface area contributed by atoms with Crippen LogP contribution < -0.4 is 21.7 Å². The van der Waals surface area contributed by atoms with Gasteiger partial charge in [0.25, 0.3) is 0 Å². The fraction of sp³-hybridized carbons (Fsp3) is 0.722. The molecule has 0 aromatic rings. The van der Waals surface area contributed by atoms with Crippen LogP contribution in [0, 0.1) is 5.92 Å². The Kier molecular flexibility index (Phi) is 12.8. The second-order valence-electron chi connectivity index (χ2n) is 7.34. The molecule has 5 unspecified atom stereocenters. The van der Waals surface area contributed by atoms with Gasteiger partial charge in [0.2, 0.25) is 17.7 Å². The topological polar surface area (TPSA) is 208 Å². The van der Waals surface area contributed by atoms with Crippen LogP contribution in [0.15, 0.2) is 0 Å². The average molecular weight is 465 g/mol. The Hall–Kier alpha value is -2.38. The van der Waals surface area contributed by atoms with E-state index in [1.54, 1.807) is 13.8 Å². The number of aliphatic carboxylic acids is 2. The van der Waals surface area contributed by atoms with Gasteiger partial charge in [-0.25, -0.2) is 4.79 Å². The van der Waals surface area contributed by atoms with Crippen LogP contribution in [-0.2, 0) is 24.0 Å². The van der Waals surface area contributed by atoms with Gasteiger partial charge in [0.1, 0.15) is 12.1 Å². The lowest BCUT2D eigenvalue weighted by atomic mass is 10.0. The van der Waals surface area contributed by atoms with Gasteiger partial charge in [-0.2, -0.15) is 11.8 Å². The molecule has 178 valence electrons. The molecule has 3 amide bonds. The summed E-state index contributed by atoms with van der Waals surface area (Å²) < 4.78 is 0. The number of aliphatic hydroxyl groups excluding tert-OH is 1. The van der Waals surface area contributed by atoms with Crippen molar-refractivity contribution in [2.45, 2.75) is 63.9 Å². The van der Waals surface area contributed by atoms with E-state index in [0.717, 1.165) is 6.92 Å². The molecule has 0 spiro atoms. The van der Waals surface area contributed by atoms with Gasteiger partial charge >= 0.3 is 11.9 Å². The second-order valence-corrected chi connectivity index (χ2v) is 8.33. The van der Waals surface area contributed by atoms with Gasteiger partial charge < -0.3 is 37.0 Å². The van der Waals surface area contributed by atoms with Crippen LogP contribution in [0.3, 0.4) is 0 Å². The Labute approximate surface area is 184 Å². The molecule has 0 saturated heterocycles. The van der Waals surface area contributed by atoms with Crippen LogP contribution in [0.4, 0.5) is 0 Å². The van der Waals surface area contributed by atoms with E-state index in [1.807, 2.05) is 11.6 Å². The first-order valence-electron chi connectivity index (χ1n) is 9.60. The highest BCUT2D eigenvalue weighted by Crippen LogP contribution is 2.06. The number of carboxylic acids is 2. The molecule has 0 aromatic carbocycles. The third kappa shape index (κ3) is 10.5. The van der Waals surface area contributed by atoms with E-state index in [2.05, 4.69) is 10.6 Å². The fourth-order valence-corrected chi connectivity index (χ4v) is 2.95. The van der Waals surface area contributed by atoms with Crippen molar-refractivity contribution in [2.24, 2.45) is 11.7 Å². The minimum atomic E-state index is -1.70. The van der Waals surface area contributed by atoms with E-state index in [-0.39, 0.29) is 0 Å². The standard InChI is InChI=1S/C18H32N4O8S/c1-8(2)13(21-15(26)10(19)5-6-31-4)17(28)20-11(7-12(24)25)16(27)22-14(9(3)23)18(29)30/h8-11,13-14,23H,5-7,19H2,1-4H3,(H,20,28)(H,21,26)(H,22,27)(H,24,25)(H,29,30). The summed E-state index contributed by atoms with van der Waals surface area (Å²) in [5, 5.41) is 34.4. The number of rotatable bonds is 14. The lowest BCUT2D eigenvalue weighted by molar-refractivity contribution is -0.146. The maximum Gasteiger partial charge on any atom is 0.328 e. The predicted molar refractivity (Wildman–Crippen MR) is 113 cm³/mol. The zero-order valence-electron chi connectivity index (χ0n) is 18.0. The zero-order valence-corrected chi connectivity index (χ0v) is 18.8. The largest absolute Gasteiger partial charge is 0.481 e. The normalized spacial score (nSPS) is 15.8. The third-order valence-corrected chi connectivity index (χ3v) is 4.92. The van der Waals surface area contributed by atoms with E-state index in [1.165, 1.54) is 11.8 Å². The van der Waals surface area contributed by atoms with Gasteiger partial charge in [-0.1, -0.05) is 13.8 Å². The van der Waals surface area contributed by atoms with Crippen molar-refractivity contribution in [2.75, 3.05) is 12.0 Å². The summed E-state index contributed by atoms with van der Waals surface area (Å²) in [5.74, 6) is -5.23. The molecule has 31 heavy (non-hydrogen) atoms. The molecule has 0 aliphatic heterocycles. The Bertz CT molecular complexity index is 658. The molecular formula is C18H32N4O8S. The summed E-state index contributed by atoms with van der Waals surface area (Å²) in [4.78, 5) is 59.7. The molecule has 0 bridgehead atoms. The fourth-order valence-electron chi connectivity index (χ4n) is 2.46. The maximum absolute atomic E-state index is 12.7. The minimum absolute atomic E-state index is 0.388. The first-order chi connectivity index (χ1) is 14.3. The Balaban J connectivity index is 5.39. The van der Waals surface area contributed by atoms with E-state index < -0.39 is 72.3 Å². The molecule has 8 N–H and O–H groups in total. The Morgan fingerprint density at radius 2 is 1.45 bits per heavy atom. The monoisotopic (exact) mass is 464 g/mol. The van der Waals surface area contributed by atoms with Gasteiger partial charge in [-0.05, 0) is 31.3 Å². The Morgan fingerprint density at radius 3 is 1.87 bits per heavy atom. The van der Waals surface area contributed by atoms with Gasteiger partial charge in [-0.3, -0.25) is 19.2 Å². The number of aliphatic hydroxyl groups is 1. The number of amides is 3. The van der Waals surface area contributed by atoms with Crippen LogP contribution in [0.2, 0.25) is 0 Å². The molecule has 5 atom stereocenters. The summed E-state index contributed by atoms with van der Waals surface area (Å²) >= 11 is 1.51. The number of carboxylic acid groups (broad SMARTS) is 2. The van der Waals surface area contributed by atoms with Crippen LogP contribution in [0.1, 0.15) is 33.6 Å². The maximum atomic E-state index is 12.7. The van der Waals surface area contributed by atoms with E-state index in [9.17, 15) is 29.1 Å². The highest BCUT2D eigenvalue weighted by Gasteiger charge is 2.33. The molecule has 0 rings (SSSR count). The van der Waals surface area contributed by atoms with Gasteiger partial charge in [-0.15, -0.1) is 0 Å². The van der Waals surface area contributed by atoms with Crippen LogP contribution in [-0.4, -0.2) is 87.3 Å². The van der Waals surface area contributed by atoms with Crippen molar-refractivity contribution in [1.29, 1.82) is 0 Å². The number of nitrogens with two attached hydrogens (primary N) is 1.